The van der Waals surface area contributed by atoms with Crippen molar-refractivity contribution >= 4 is 50.0 Å². The van der Waals surface area contributed by atoms with Gasteiger partial charge < -0.3 is 4.74 Å². The number of hydrogen-bond acceptors (Lipinski definition) is 6. The summed E-state index contributed by atoms with van der Waals surface area (Å²) in [5, 5.41) is 2.79. The molecule has 0 atom stereocenters. The summed E-state index contributed by atoms with van der Waals surface area (Å²) in [5.41, 5.74) is 3.44. The summed E-state index contributed by atoms with van der Waals surface area (Å²) < 4.78 is 6.56. The van der Waals surface area contributed by atoms with Gasteiger partial charge in [-0.05, 0) is 61.1 Å². The first-order valence-electron chi connectivity index (χ1n) is 10.3. The molecule has 3 heterocycles. The van der Waals surface area contributed by atoms with E-state index in [1.165, 1.54) is 11.1 Å². The Bertz CT molecular complexity index is 982. The van der Waals surface area contributed by atoms with Gasteiger partial charge >= 0.3 is 0 Å². The Labute approximate surface area is 185 Å². The summed E-state index contributed by atoms with van der Waals surface area (Å²) in [4.78, 5) is 23.2. The van der Waals surface area contributed by atoms with Gasteiger partial charge in [0.2, 0.25) is 0 Å². The van der Waals surface area contributed by atoms with Gasteiger partial charge in [-0.1, -0.05) is 17.4 Å². The molecule has 2 aromatic heterocycles. The van der Waals surface area contributed by atoms with Crippen LogP contribution in [-0.4, -0.2) is 55.2 Å². The molecule has 1 aliphatic heterocycles. The molecule has 4 rings (SSSR count). The van der Waals surface area contributed by atoms with E-state index in [2.05, 4.69) is 30.9 Å². The van der Waals surface area contributed by atoms with Crippen molar-refractivity contribution in [3.8, 4) is 0 Å². The van der Waals surface area contributed by atoms with Crippen molar-refractivity contribution in [2.75, 3.05) is 44.3 Å². The number of thiazole rings is 1. The molecule has 0 radical (unpaired) electrons. The largest absolute Gasteiger partial charge is 0.379 e. The third-order valence-corrected chi connectivity index (χ3v) is 7.26. The number of amides is 1. The molecule has 1 saturated heterocycles. The second-order valence-corrected chi connectivity index (χ2v) is 9.54. The second-order valence-electron chi connectivity index (χ2n) is 7.55. The number of aryl methyl sites for hydroxylation is 2. The minimum atomic E-state index is -0.0159. The summed E-state index contributed by atoms with van der Waals surface area (Å²) in [6.07, 6.45) is 4.47. The van der Waals surface area contributed by atoms with Gasteiger partial charge in [-0.15, -0.1) is 11.3 Å². The van der Waals surface area contributed by atoms with Crippen LogP contribution < -0.4 is 4.90 Å². The molecular weight excluding hydrogens is 414 g/mol. The lowest BCUT2D eigenvalue weighted by Crippen LogP contribution is -2.39. The number of morpholine rings is 1. The number of hydrogen-bond donors (Lipinski definition) is 0. The highest BCUT2D eigenvalue weighted by Gasteiger charge is 2.19. The maximum absolute atomic E-state index is 13.1. The van der Waals surface area contributed by atoms with Crippen LogP contribution in [0.25, 0.3) is 16.3 Å². The highest BCUT2D eigenvalue weighted by Crippen LogP contribution is 2.31. The van der Waals surface area contributed by atoms with Crippen molar-refractivity contribution in [2.24, 2.45) is 0 Å². The molecule has 1 aromatic carbocycles. The normalized spacial score (nSPS) is 15.3. The van der Waals surface area contributed by atoms with Gasteiger partial charge in [0, 0.05) is 37.1 Å². The molecule has 0 bridgehead atoms. The van der Waals surface area contributed by atoms with E-state index in [1.807, 2.05) is 28.5 Å². The van der Waals surface area contributed by atoms with Crippen LogP contribution in [0.15, 0.2) is 35.7 Å². The second kappa shape index (κ2) is 9.83. The van der Waals surface area contributed by atoms with Crippen molar-refractivity contribution in [3.05, 3.63) is 51.7 Å². The maximum Gasteiger partial charge on any atom is 0.252 e. The molecule has 7 heteroatoms. The highest BCUT2D eigenvalue weighted by molar-refractivity contribution is 7.22. The molecule has 1 amide bonds. The Balaban J connectivity index is 1.53. The quantitative estimate of drug-likeness (QED) is 0.497. The number of anilines is 1. The molecule has 1 aliphatic rings. The van der Waals surface area contributed by atoms with Crippen LogP contribution in [0.4, 0.5) is 5.13 Å². The lowest BCUT2D eigenvalue weighted by molar-refractivity contribution is -0.114. The van der Waals surface area contributed by atoms with Crippen LogP contribution in [0.1, 0.15) is 22.4 Å². The molecule has 1 fully saturated rings. The summed E-state index contributed by atoms with van der Waals surface area (Å²) in [6, 6.07) is 8.29. The molecule has 0 spiro atoms. The molecule has 0 unspecified atom stereocenters. The lowest BCUT2D eigenvalue weighted by atomic mass is 10.1. The highest BCUT2D eigenvalue weighted by atomic mass is 32.1. The van der Waals surface area contributed by atoms with Crippen LogP contribution in [0.5, 0.6) is 0 Å². The van der Waals surface area contributed by atoms with E-state index in [4.69, 9.17) is 9.72 Å². The zero-order chi connectivity index (χ0) is 20.9. The van der Waals surface area contributed by atoms with Gasteiger partial charge in [-0.25, -0.2) is 4.98 Å². The smallest absolute Gasteiger partial charge is 0.252 e. The number of nitrogens with zero attached hydrogens (tertiary/aromatic N) is 3. The van der Waals surface area contributed by atoms with E-state index >= 15 is 0 Å². The molecule has 5 nitrogen and oxygen atoms in total. The van der Waals surface area contributed by atoms with Crippen molar-refractivity contribution in [1.29, 1.82) is 0 Å². The minimum Gasteiger partial charge on any atom is -0.379 e. The standard InChI is InChI=1S/C23H27N3O2S2/c1-17-15-20-21(16-18(17)2)30-23(24-20)26(9-4-8-25-10-12-28-13-11-25)22(27)7-6-19-5-3-14-29-19/h3,5-7,14-16H,4,8-13H2,1-2H3/b7-6+. The Morgan fingerprint density at radius 1 is 1.27 bits per heavy atom. The molecule has 0 N–H and O–H groups in total. The van der Waals surface area contributed by atoms with E-state index in [-0.39, 0.29) is 5.91 Å². The zero-order valence-corrected chi connectivity index (χ0v) is 19.1. The summed E-state index contributed by atoms with van der Waals surface area (Å²) >= 11 is 3.22. The molecule has 30 heavy (non-hydrogen) atoms. The lowest BCUT2D eigenvalue weighted by Gasteiger charge is -2.27. The fraction of sp³-hybridized carbons (Fsp3) is 0.391. The maximum atomic E-state index is 13.1. The number of rotatable bonds is 7. The fourth-order valence-electron chi connectivity index (χ4n) is 3.49. The fourth-order valence-corrected chi connectivity index (χ4v) is 5.19. The van der Waals surface area contributed by atoms with Gasteiger partial charge in [0.25, 0.3) is 5.91 Å². The van der Waals surface area contributed by atoms with Crippen molar-refractivity contribution in [3.63, 3.8) is 0 Å². The van der Waals surface area contributed by atoms with Crippen molar-refractivity contribution in [2.45, 2.75) is 20.3 Å². The molecule has 3 aromatic rings. The van der Waals surface area contributed by atoms with Crippen molar-refractivity contribution < 1.29 is 9.53 Å². The first-order valence-corrected chi connectivity index (χ1v) is 12.0. The average Bonchev–Trinajstić information content (AvgIpc) is 3.40. The number of fused-ring (bicyclic) bond motifs is 1. The zero-order valence-electron chi connectivity index (χ0n) is 17.5. The number of thiophene rings is 1. The van der Waals surface area contributed by atoms with Gasteiger partial charge in [0.05, 0.1) is 23.4 Å². The monoisotopic (exact) mass is 441 g/mol. The van der Waals surface area contributed by atoms with E-state index in [1.54, 1.807) is 28.7 Å². The topological polar surface area (TPSA) is 45.7 Å². The SMILES string of the molecule is Cc1cc2nc(N(CCCN3CCOCC3)C(=O)/C=C/c3cccs3)sc2cc1C. The summed E-state index contributed by atoms with van der Waals surface area (Å²) in [6.45, 7) is 9.35. The van der Waals surface area contributed by atoms with Crippen LogP contribution >= 0.6 is 22.7 Å². The summed E-state index contributed by atoms with van der Waals surface area (Å²) in [7, 11) is 0. The predicted octanol–water partition coefficient (Wildman–Crippen LogP) is 4.74. The van der Waals surface area contributed by atoms with E-state index in [0.717, 1.165) is 59.5 Å². The van der Waals surface area contributed by atoms with Gasteiger partial charge in [-0.3, -0.25) is 14.6 Å². The van der Waals surface area contributed by atoms with Gasteiger partial charge in [0.1, 0.15) is 0 Å². The third-order valence-electron chi connectivity index (χ3n) is 5.38. The first-order chi connectivity index (χ1) is 14.6. The van der Waals surface area contributed by atoms with Crippen LogP contribution in [-0.2, 0) is 9.53 Å². The van der Waals surface area contributed by atoms with Crippen LogP contribution in [0.3, 0.4) is 0 Å². The Kier molecular flexibility index (Phi) is 6.94. The number of ether oxygens (including phenoxy) is 1. The van der Waals surface area contributed by atoms with Gasteiger partial charge in [-0.2, -0.15) is 0 Å². The Hall–Kier alpha value is -2.06. The van der Waals surface area contributed by atoms with Crippen molar-refractivity contribution in [1.82, 2.24) is 9.88 Å². The number of carbonyl (C=O) groups is 1. The van der Waals surface area contributed by atoms with Crippen LogP contribution in [0, 0.1) is 13.8 Å². The number of aromatic nitrogens is 1. The van der Waals surface area contributed by atoms with E-state index < -0.39 is 0 Å². The Morgan fingerprint density at radius 2 is 2.07 bits per heavy atom. The average molecular weight is 442 g/mol. The minimum absolute atomic E-state index is 0.0159. The van der Waals surface area contributed by atoms with E-state index in [0.29, 0.717) is 6.54 Å². The molecular formula is C23H27N3O2S2. The Morgan fingerprint density at radius 3 is 2.83 bits per heavy atom. The first kappa shape index (κ1) is 21.2. The molecule has 0 aliphatic carbocycles. The number of carbonyl (C=O) groups excluding carboxylic acids is 1. The third kappa shape index (κ3) is 5.16. The molecule has 158 valence electrons. The molecule has 0 saturated carbocycles. The summed E-state index contributed by atoms with van der Waals surface area (Å²) in [5.74, 6) is -0.0159. The predicted molar refractivity (Wildman–Crippen MR) is 127 cm³/mol. The van der Waals surface area contributed by atoms with E-state index in [9.17, 15) is 4.79 Å². The van der Waals surface area contributed by atoms with Gasteiger partial charge in [0.15, 0.2) is 5.13 Å². The number of benzene rings is 1. The van der Waals surface area contributed by atoms with Crippen LogP contribution in [0.2, 0.25) is 0 Å².